The second-order valence-electron chi connectivity index (χ2n) is 13.2. The van der Waals surface area contributed by atoms with Crippen molar-refractivity contribution in [2.45, 2.75) is 85.5 Å². The van der Waals surface area contributed by atoms with Crippen molar-refractivity contribution in [1.82, 2.24) is 15.0 Å². The number of hydrogen-bond acceptors (Lipinski definition) is 5. The molecule has 0 saturated carbocycles. The summed E-state index contributed by atoms with van der Waals surface area (Å²) in [5.74, 6) is 1.76. The quantitative estimate of drug-likeness (QED) is 0.216. The van der Waals surface area contributed by atoms with E-state index in [0.29, 0.717) is 34.8 Å². The van der Waals surface area contributed by atoms with Gasteiger partial charge in [-0.25, -0.2) is 15.0 Å². The standard InChI is InChI=1S/C36H39N3O2/c1-19(2)22-15-26(20(3)4)31(27(16-22)21(5)6)35-39-28-14-13-24-23-11-10-12-25(32(23)40-33(24)34(28)41-35)29-17-30(36(7,8)9)38-18-37-29/h10-21H,1-9H3. The lowest BCUT2D eigenvalue weighted by molar-refractivity contribution is 0.567. The first kappa shape index (κ1) is 27.2. The van der Waals surface area contributed by atoms with Crippen LogP contribution in [-0.2, 0) is 5.41 Å². The molecule has 0 amide bonds. The number of furan rings is 1. The molecule has 0 saturated heterocycles. The third kappa shape index (κ3) is 4.61. The van der Waals surface area contributed by atoms with E-state index in [2.05, 4.69) is 115 Å². The lowest BCUT2D eigenvalue weighted by atomic mass is 9.84. The summed E-state index contributed by atoms with van der Waals surface area (Å²) < 4.78 is 13.3. The number of benzene rings is 3. The van der Waals surface area contributed by atoms with Gasteiger partial charge in [-0.3, -0.25) is 0 Å². The van der Waals surface area contributed by atoms with E-state index in [1.54, 1.807) is 6.33 Å². The highest BCUT2D eigenvalue weighted by molar-refractivity contribution is 6.15. The first-order valence-electron chi connectivity index (χ1n) is 14.7. The Bertz CT molecular complexity index is 1890. The molecule has 0 aliphatic rings. The van der Waals surface area contributed by atoms with Crippen LogP contribution in [0.3, 0.4) is 0 Å². The van der Waals surface area contributed by atoms with Crippen molar-refractivity contribution in [1.29, 1.82) is 0 Å². The molecule has 0 aliphatic carbocycles. The molecule has 0 fully saturated rings. The maximum atomic E-state index is 6.66. The molecule has 5 nitrogen and oxygen atoms in total. The molecule has 0 bridgehead atoms. The SMILES string of the molecule is CC(C)c1cc(C(C)C)c(-c2nc3ccc4c5cccc(-c6cc(C(C)(C)C)ncn6)c5oc4c3o2)c(C(C)C)c1. The minimum absolute atomic E-state index is 0.0844. The molecule has 0 radical (unpaired) electrons. The van der Waals surface area contributed by atoms with E-state index in [1.165, 1.54) is 16.7 Å². The molecule has 3 aromatic carbocycles. The molecule has 0 aliphatic heterocycles. The Morgan fingerprint density at radius 3 is 2.00 bits per heavy atom. The van der Waals surface area contributed by atoms with E-state index >= 15 is 0 Å². The zero-order valence-corrected chi connectivity index (χ0v) is 25.6. The van der Waals surface area contributed by atoms with Crippen LogP contribution in [0.25, 0.3) is 55.7 Å². The molecule has 41 heavy (non-hydrogen) atoms. The zero-order valence-electron chi connectivity index (χ0n) is 25.6. The molecule has 3 heterocycles. The van der Waals surface area contributed by atoms with Gasteiger partial charge in [0.15, 0.2) is 11.2 Å². The van der Waals surface area contributed by atoms with Crippen LogP contribution in [0.2, 0.25) is 0 Å². The summed E-state index contributed by atoms with van der Waals surface area (Å²) in [6, 6.07) is 17.1. The van der Waals surface area contributed by atoms with E-state index in [-0.39, 0.29) is 5.41 Å². The van der Waals surface area contributed by atoms with Crippen molar-refractivity contribution >= 4 is 33.0 Å². The van der Waals surface area contributed by atoms with Crippen LogP contribution in [0, 0.1) is 0 Å². The highest BCUT2D eigenvalue weighted by atomic mass is 16.4. The summed E-state index contributed by atoms with van der Waals surface area (Å²) in [6.07, 6.45) is 1.64. The van der Waals surface area contributed by atoms with Gasteiger partial charge in [-0.15, -0.1) is 0 Å². The summed E-state index contributed by atoms with van der Waals surface area (Å²) in [4.78, 5) is 14.2. The topological polar surface area (TPSA) is 65.0 Å². The first-order chi connectivity index (χ1) is 19.4. The Hall–Kier alpha value is -3.99. The summed E-state index contributed by atoms with van der Waals surface area (Å²) >= 11 is 0. The van der Waals surface area contributed by atoms with Gasteiger partial charge in [0.05, 0.1) is 5.69 Å². The van der Waals surface area contributed by atoms with E-state index in [9.17, 15) is 0 Å². The molecule has 5 heteroatoms. The molecular formula is C36H39N3O2. The van der Waals surface area contributed by atoms with Crippen LogP contribution in [0.1, 0.15) is 102 Å². The number of rotatable bonds is 5. The third-order valence-electron chi connectivity index (χ3n) is 8.08. The zero-order chi connectivity index (χ0) is 29.2. The van der Waals surface area contributed by atoms with Gasteiger partial charge >= 0.3 is 0 Å². The number of oxazole rings is 1. The molecule has 6 aromatic rings. The Morgan fingerprint density at radius 2 is 1.37 bits per heavy atom. The van der Waals surface area contributed by atoms with Crippen LogP contribution in [0.4, 0.5) is 0 Å². The van der Waals surface area contributed by atoms with Crippen molar-refractivity contribution in [2.24, 2.45) is 0 Å². The molecular weight excluding hydrogens is 506 g/mol. The second-order valence-corrected chi connectivity index (χ2v) is 13.2. The van der Waals surface area contributed by atoms with E-state index in [0.717, 1.165) is 44.4 Å². The van der Waals surface area contributed by atoms with Gasteiger partial charge in [0.1, 0.15) is 17.4 Å². The number of hydrogen-bond donors (Lipinski definition) is 0. The lowest BCUT2D eigenvalue weighted by Gasteiger charge is -2.21. The fraction of sp³-hybridized carbons (Fsp3) is 0.361. The molecule has 0 atom stereocenters. The van der Waals surface area contributed by atoms with E-state index < -0.39 is 0 Å². The van der Waals surface area contributed by atoms with Crippen LogP contribution in [-0.4, -0.2) is 15.0 Å². The minimum atomic E-state index is -0.0844. The molecule has 0 N–H and O–H groups in total. The van der Waals surface area contributed by atoms with Gasteiger partial charge in [0, 0.05) is 33.0 Å². The number of aromatic nitrogens is 3. The summed E-state index contributed by atoms with van der Waals surface area (Å²) in [7, 11) is 0. The maximum Gasteiger partial charge on any atom is 0.228 e. The smallest absolute Gasteiger partial charge is 0.228 e. The monoisotopic (exact) mass is 545 g/mol. The lowest BCUT2D eigenvalue weighted by Crippen LogP contribution is -2.13. The summed E-state index contributed by atoms with van der Waals surface area (Å²) in [5, 5.41) is 2.03. The van der Waals surface area contributed by atoms with Crippen molar-refractivity contribution in [3.8, 4) is 22.7 Å². The summed E-state index contributed by atoms with van der Waals surface area (Å²) in [6.45, 7) is 19.9. The largest absolute Gasteiger partial charge is 0.451 e. The van der Waals surface area contributed by atoms with Gasteiger partial charge in [0.2, 0.25) is 5.89 Å². The molecule has 3 aromatic heterocycles. The molecule has 0 unspecified atom stereocenters. The molecule has 0 spiro atoms. The van der Waals surface area contributed by atoms with Crippen LogP contribution >= 0.6 is 0 Å². The Labute approximate surface area is 242 Å². The van der Waals surface area contributed by atoms with Crippen molar-refractivity contribution in [3.05, 3.63) is 77.2 Å². The van der Waals surface area contributed by atoms with Gasteiger partial charge in [-0.2, -0.15) is 0 Å². The molecule has 210 valence electrons. The minimum Gasteiger partial charge on any atom is -0.451 e. The average molecular weight is 546 g/mol. The second kappa shape index (κ2) is 9.83. The predicted octanol–water partition coefficient (Wildman–Crippen LogP) is 10.5. The van der Waals surface area contributed by atoms with Crippen LogP contribution in [0.5, 0.6) is 0 Å². The number of para-hydroxylation sites is 1. The third-order valence-corrected chi connectivity index (χ3v) is 8.08. The van der Waals surface area contributed by atoms with Gasteiger partial charge in [-0.1, -0.05) is 86.6 Å². The van der Waals surface area contributed by atoms with Gasteiger partial charge in [-0.05, 0) is 58.7 Å². The van der Waals surface area contributed by atoms with Crippen molar-refractivity contribution in [2.75, 3.05) is 0 Å². The van der Waals surface area contributed by atoms with E-state index in [4.69, 9.17) is 13.8 Å². The highest BCUT2D eigenvalue weighted by Gasteiger charge is 2.25. The fourth-order valence-electron chi connectivity index (χ4n) is 5.67. The maximum absolute atomic E-state index is 6.66. The first-order valence-corrected chi connectivity index (χ1v) is 14.7. The Balaban J connectivity index is 1.59. The molecule has 6 rings (SSSR count). The Kier molecular flexibility index (Phi) is 6.52. The van der Waals surface area contributed by atoms with Gasteiger partial charge < -0.3 is 8.83 Å². The van der Waals surface area contributed by atoms with Crippen LogP contribution in [0.15, 0.2) is 63.7 Å². The van der Waals surface area contributed by atoms with Crippen molar-refractivity contribution in [3.63, 3.8) is 0 Å². The summed E-state index contributed by atoms with van der Waals surface area (Å²) in [5.41, 5.74) is 10.7. The normalized spacial score (nSPS) is 12.7. The van der Waals surface area contributed by atoms with Crippen molar-refractivity contribution < 1.29 is 8.83 Å². The Morgan fingerprint density at radius 1 is 0.683 bits per heavy atom. The predicted molar refractivity (Wildman–Crippen MR) is 169 cm³/mol. The number of nitrogens with zero attached hydrogens (tertiary/aromatic N) is 3. The van der Waals surface area contributed by atoms with Crippen LogP contribution < -0.4 is 0 Å². The van der Waals surface area contributed by atoms with E-state index in [1.807, 2.05) is 6.07 Å². The fourth-order valence-corrected chi connectivity index (χ4v) is 5.67. The average Bonchev–Trinajstić information content (AvgIpc) is 3.53. The van der Waals surface area contributed by atoms with Gasteiger partial charge in [0.25, 0.3) is 0 Å². The highest BCUT2D eigenvalue weighted by Crippen LogP contribution is 2.43. The number of fused-ring (bicyclic) bond motifs is 5.